The number of aliphatic hydroxyl groups is 1. The molecule has 0 unspecified atom stereocenters. The van der Waals surface area contributed by atoms with E-state index in [1.54, 1.807) is 0 Å². The maximum atomic E-state index is 10.5. The second-order valence-corrected chi connectivity index (χ2v) is 6.96. The van der Waals surface area contributed by atoms with E-state index >= 15 is 0 Å². The summed E-state index contributed by atoms with van der Waals surface area (Å²) in [6.45, 7) is 13.7. The minimum atomic E-state index is -0.352. The van der Waals surface area contributed by atoms with Crippen molar-refractivity contribution in [2.45, 2.75) is 45.4 Å². The van der Waals surface area contributed by atoms with Crippen LogP contribution in [0.15, 0.2) is 17.7 Å². The van der Waals surface area contributed by atoms with Gasteiger partial charge >= 0.3 is 0 Å². The van der Waals surface area contributed by atoms with Gasteiger partial charge < -0.3 is 5.11 Å². The average molecular weight is 271 g/mol. The summed E-state index contributed by atoms with van der Waals surface area (Å²) in [5, 5.41) is 14.9. The first-order chi connectivity index (χ1) is 9.32. The molecule has 0 amide bonds. The van der Waals surface area contributed by atoms with Gasteiger partial charge in [-0.25, -0.2) is 4.85 Å². The second-order valence-electron chi connectivity index (χ2n) is 6.96. The number of nitrogens with zero attached hydrogens (tertiary/aromatic N) is 3. The van der Waals surface area contributed by atoms with Crippen LogP contribution in [0.25, 0.3) is 4.85 Å². The van der Waals surface area contributed by atoms with Crippen molar-refractivity contribution in [2.75, 3.05) is 0 Å². The lowest BCUT2D eigenvalue weighted by Crippen LogP contribution is -2.49. The Labute approximate surface area is 119 Å². The first-order valence-electron chi connectivity index (χ1n) is 7.13. The maximum Gasteiger partial charge on any atom is 0.203 e. The third kappa shape index (κ3) is 1.44. The smallest absolute Gasteiger partial charge is 0.203 e. The zero-order valence-corrected chi connectivity index (χ0v) is 12.6. The molecule has 0 bridgehead atoms. The number of hydrogen-bond acceptors (Lipinski definition) is 2. The molecule has 4 heteroatoms. The van der Waals surface area contributed by atoms with E-state index in [4.69, 9.17) is 6.57 Å². The molecule has 4 nitrogen and oxygen atoms in total. The van der Waals surface area contributed by atoms with Crippen molar-refractivity contribution < 1.29 is 5.11 Å². The molecule has 0 aromatic carbocycles. The number of aryl methyl sites for hydroxylation is 2. The average Bonchev–Trinajstić information content (AvgIpc) is 2.77. The number of allylic oxidation sites excluding steroid dienone is 2. The van der Waals surface area contributed by atoms with E-state index in [0.717, 1.165) is 12.8 Å². The van der Waals surface area contributed by atoms with Crippen LogP contribution >= 0.6 is 0 Å². The van der Waals surface area contributed by atoms with Crippen LogP contribution < -0.4 is 0 Å². The Kier molecular flexibility index (Phi) is 2.57. The molecule has 2 atom stereocenters. The van der Waals surface area contributed by atoms with Crippen molar-refractivity contribution >= 4 is 0 Å². The van der Waals surface area contributed by atoms with Gasteiger partial charge in [-0.3, -0.25) is 4.68 Å². The predicted octanol–water partition coefficient (Wildman–Crippen LogP) is 3.36. The standard InChI is InChI=1S/C16H21N3O/c1-15(2)12-7-6-10-9-18-19(5)13(10)16(12,3)8-11(17-4)14(15)20/h9,12,20H,6-8H2,1-3,5H3/t12-,16-/m0/s1. The molecule has 1 heterocycles. The van der Waals surface area contributed by atoms with Crippen LogP contribution in [0.3, 0.4) is 0 Å². The highest BCUT2D eigenvalue weighted by molar-refractivity contribution is 5.40. The highest BCUT2D eigenvalue weighted by atomic mass is 16.3. The van der Waals surface area contributed by atoms with E-state index in [9.17, 15) is 5.11 Å². The number of hydrogen-bond donors (Lipinski definition) is 1. The summed E-state index contributed by atoms with van der Waals surface area (Å²) >= 11 is 0. The third-order valence-electron chi connectivity index (χ3n) is 5.45. The molecule has 2 aliphatic carbocycles. The zero-order valence-electron chi connectivity index (χ0n) is 12.6. The monoisotopic (exact) mass is 271 g/mol. The van der Waals surface area contributed by atoms with Crippen molar-refractivity contribution in [2.24, 2.45) is 18.4 Å². The van der Waals surface area contributed by atoms with Crippen molar-refractivity contribution in [3.05, 3.63) is 40.3 Å². The van der Waals surface area contributed by atoms with Crippen LogP contribution in [0.2, 0.25) is 0 Å². The Morgan fingerprint density at radius 2 is 2.15 bits per heavy atom. The Balaban J connectivity index is 2.25. The minimum Gasteiger partial charge on any atom is -0.523 e. The van der Waals surface area contributed by atoms with Gasteiger partial charge in [0.25, 0.3) is 0 Å². The van der Waals surface area contributed by atoms with Crippen molar-refractivity contribution in [3.8, 4) is 0 Å². The Hall–Kier alpha value is -1.76. The largest absolute Gasteiger partial charge is 0.523 e. The van der Waals surface area contributed by atoms with E-state index < -0.39 is 0 Å². The van der Waals surface area contributed by atoms with E-state index in [2.05, 4.69) is 30.7 Å². The van der Waals surface area contributed by atoms with Crippen LogP contribution in [0.4, 0.5) is 0 Å². The van der Waals surface area contributed by atoms with Crippen LogP contribution in [-0.4, -0.2) is 14.9 Å². The van der Waals surface area contributed by atoms with Crippen LogP contribution in [0.1, 0.15) is 44.9 Å². The number of fused-ring (bicyclic) bond motifs is 3. The Morgan fingerprint density at radius 3 is 2.80 bits per heavy atom. The normalized spacial score (nSPS) is 31.4. The van der Waals surface area contributed by atoms with Crippen molar-refractivity contribution in [1.29, 1.82) is 0 Å². The maximum absolute atomic E-state index is 10.5. The van der Waals surface area contributed by atoms with Gasteiger partial charge in [-0.05, 0) is 30.7 Å². The molecule has 1 aromatic heterocycles. The van der Waals surface area contributed by atoms with Crippen LogP contribution in [0, 0.1) is 17.9 Å². The summed E-state index contributed by atoms with van der Waals surface area (Å²) in [5.74, 6) is 0.629. The summed E-state index contributed by atoms with van der Waals surface area (Å²) in [7, 11) is 1.98. The van der Waals surface area contributed by atoms with E-state index in [1.165, 1.54) is 11.3 Å². The zero-order chi connectivity index (χ0) is 14.7. The molecule has 0 spiro atoms. The molecule has 0 aliphatic heterocycles. The second kappa shape index (κ2) is 3.88. The summed E-state index contributed by atoms with van der Waals surface area (Å²) < 4.78 is 1.96. The van der Waals surface area contributed by atoms with E-state index in [-0.39, 0.29) is 10.8 Å². The van der Waals surface area contributed by atoms with Gasteiger partial charge in [0.2, 0.25) is 5.70 Å². The molecule has 0 radical (unpaired) electrons. The number of aromatic nitrogens is 2. The number of rotatable bonds is 0. The first kappa shape index (κ1) is 13.2. The van der Waals surface area contributed by atoms with E-state index in [1.807, 2.05) is 17.9 Å². The lowest BCUT2D eigenvalue weighted by Gasteiger charge is -2.52. The molecule has 1 aromatic rings. The van der Waals surface area contributed by atoms with Gasteiger partial charge in [-0.1, -0.05) is 20.8 Å². The molecule has 0 fully saturated rings. The molecular formula is C16H21N3O. The van der Waals surface area contributed by atoms with Gasteiger partial charge in [0, 0.05) is 23.6 Å². The van der Waals surface area contributed by atoms with Gasteiger partial charge in [0.05, 0.1) is 12.8 Å². The summed E-state index contributed by atoms with van der Waals surface area (Å²) in [5.41, 5.74) is 2.59. The molecule has 2 aliphatic rings. The molecule has 20 heavy (non-hydrogen) atoms. The Morgan fingerprint density at radius 1 is 1.45 bits per heavy atom. The topological polar surface area (TPSA) is 42.4 Å². The number of aliphatic hydroxyl groups excluding tert-OH is 1. The molecule has 0 saturated carbocycles. The van der Waals surface area contributed by atoms with Crippen molar-refractivity contribution in [1.82, 2.24) is 9.78 Å². The van der Waals surface area contributed by atoms with Gasteiger partial charge in [0.1, 0.15) is 5.76 Å². The summed E-state index contributed by atoms with van der Waals surface area (Å²) in [6.07, 6.45) is 4.62. The Bertz CT molecular complexity index is 647. The van der Waals surface area contributed by atoms with E-state index in [0.29, 0.717) is 23.8 Å². The fraction of sp³-hybridized carbons (Fsp3) is 0.625. The molecule has 3 rings (SSSR count). The quantitative estimate of drug-likeness (QED) is 0.735. The molecular weight excluding hydrogens is 250 g/mol. The SMILES string of the molecule is [C-]#[N+]C1=C(O)C(C)(C)[C@@H]2CCc3cnn(C)c3[C@@]2(C)C1. The lowest BCUT2D eigenvalue weighted by molar-refractivity contribution is 0.0607. The molecule has 1 N–H and O–H groups in total. The fourth-order valence-corrected chi connectivity index (χ4v) is 4.61. The highest BCUT2D eigenvalue weighted by Crippen LogP contribution is 2.58. The first-order valence-corrected chi connectivity index (χ1v) is 7.13. The summed E-state index contributed by atoms with van der Waals surface area (Å²) in [4.78, 5) is 3.60. The van der Waals surface area contributed by atoms with Gasteiger partial charge in [-0.2, -0.15) is 5.10 Å². The third-order valence-corrected chi connectivity index (χ3v) is 5.45. The van der Waals surface area contributed by atoms with Crippen molar-refractivity contribution in [3.63, 3.8) is 0 Å². The molecule has 0 saturated heterocycles. The lowest BCUT2D eigenvalue weighted by atomic mass is 9.52. The van der Waals surface area contributed by atoms with Crippen LogP contribution in [-0.2, 0) is 18.9 Å². The highest BCUT2D eigenvalue weighted by Gasteiger charge is 2.54. The molecule has 106 valence electrons. The minimum absolute atomic E-state index is 0.117. The van der Waals surface area contributed by atoms with Gasteiger partial charge in [0.15, 0.2) is 0 Å². The summed E-state index contributed by atoms with van der Waals surface area (Å²) in [6, 6.07) is 0. The van der Waals surface area contributed by atoms with Crippen LogP contribution in [0.5, 0.6) is 0 Å². The van der Waals surface area contributed by atoms with Gasteiger partial charge in [-0.15, -0.1) is 0 Å². The fourth-order valence-electron chi connectivity index (χ4n) is 4.61. The predicted molar refractivity (Wildman–Crippen MR) is 77.0 cm³/mol.